The molecule has 4 N–H and O–H groups in total. The average molecular weight is 482 g/mol. The zero-order valence-electron chi connectivity index (χ0n) is 17.6. The number of rotatable bonds is 7. The molecule has 0 radical (unpaired) electrons. The summed E-state index contributed by atoms with van der Waals surface area (Å²) in [6.07, 6.45) is 0.718. The third-order valence-corrected chi connectivity index (χ3v) is 5.03. The molecule has 0 unspecified atom stereocenters. The number of hydrogen-bond donors (Lipinski definition) is 3. The molecule has 3 rings (SSSR count). The molecule has 0 atom stereocenters. The molecule has 3 aromatic carbocycles. The van der Waals surface area contributed by atoms with E-state index in [9.17, 15) is 28.1 Å². The quantitative estimate of drug-likeness (QED) is 0.151. The largest absolute Gasteiger partial charge is 0.384 e. The number of non-ortho nitro benzene ring substituents is 1. The van der Waals surface area contributed by atoms with Gasteiger partial charge in [0.2, 0.25) is 0 Å². The Labute approximate surface area is 194 Å². The van der Waals surface area contributed by atoms with Crippen LogP contribution in [0.25, 0.3) is 11.1 Å². The first-order valence-corrected chi connectivity index (χ1v) is 11.4. The zero-order chi connectivity index (χ0) is 25.0. The van der Waals surface area contributed by atoms with Gasteiger partial charge in [-0.3, -0.25) is 20.3 Å². The van der Waals surface area contributed by atoms with Gasteiger partial charge in [-0.15, -0.1) is 0 Å². The Kier molecular flexibility index (Phi) is 6.73. The molecule has 0 bridgehead atoms. The van der Waals surface area contributed by atoms with Crippen molar-refractivity contribution >= 4 is 39.2 Å². The highest BCUT2D eigenvalue weighted by atomic mass is 32.2. The van der Waals surface area contributed by atoms with E-state index in [0.717, 1.165) is 18.4 Å². The minimum Gasteiger partial charge on any atom is -0.384 e. The van der Waals surface area contributed by atoms with E-state index in [2.05, 4.69) is 9.50 Å². The fraction of sp³-hybridized carbons (Fsp3) is 0.0455. The highest BCUT2D eigenvalue weighted by Crippen LogP contribution is 2.31. The van der Waals surface area contributed by atoms with Crippen LogP contribution in [0.3, 0.4) is 0 Å². The lowest BCUT2D eigenvalue weighted by Crippen LogP contribution is -2.16. The van der Waals surface area contributed by atoms with E-state index in [0.29, 0.717) is 11.3 Å². The number of nitro benzene ring substituents is 1. The summed E-state index contributed by atoms with van der Waals surface area (Å²) in [5.74, 6) is -2.04. The molecule has 11 nitrogen and oxygen atoms in total. The van der Waals surface area contributed by atoms with Gasteiger partial charge >= 0.3 is 16.1 Å². The second-order valence-corrected chi connectivity index (χ2v) is 8.63. The van der Waals surface area contributed by atoms with Crippen molar-refractivity contribution in [2.45, 2.75) is 0 Å². The van der Waals surface area contributed by atoms with Crippen molar-refractivity contribution in [3.8, 4) is 11.1 Å². The monoisotopic (exact) mass is 482 g/mol. The number of nitro groups is 1. The smallest absolute Gasteiger partial charge is 0.354 e. The number of amides is 1. The molecule has 34 heavy (non-hydrogen) atoms. The number of anilines is 1. The first-order chi connectivity index (χ1) is 16.0. The fourth-order valence-electron chi connectivity index (χ4n) is 3.08. The van der Waals surface area contributed by atoms with Crippen molar-refractivity contribution < 1.29 is 27.1 Å². The highest BCUT2D eigenvalue weighted by Gasteiger charge is 2.23. The number of nitrogens with zero attached hydrogens (tertiary/aromatic N) is 1. The number of amidine groups is 1. The SMILES string of the molecule is CS(=O)(=O)OC(=O)c1ccccc1-c1ccc([N+](=O)[O-])cc1C(=O)Nc1ccc(C(=N)N)cc1. The van der Waals surface area contributed by atoms with Crippen LogP contribution < -0.4 is 11.1 Å². The molecule has 0 spiro atoms. The van der Waals surface area contributed by atoms with E-state index in [1.807, 2.05) is 0 Å². The Balaban J connectivity index is 2.08. The van der Waals surface area contributed by atoms with Crippen molar-refractivity contribution in [1.29, 1.82) is 5.41 Å². The molecule has 1 amide bonds. The van der Waals surface area contributed by atoms with Crippen molar-refractivity contribution in [2.75, 3.05) is 11.6 Å². The van der Waals surface area contributed by atoms with Gasteiger partial charge in [0.05, 0.1) is 22.3 Å². The van der Waals surface area contributed by atoms with Crippen LogP contribution in [0.4, 0.5) is 11.4 Å². The molecule has 12 heteroatoms. The number of carbonyl (C=O) groups is 2. The molecular formula is C22H18N4O7S. The number of nitrogens with one attached hydrogen (secondary N) is 2. The van der Waals surface area contributed by atoms with Gasteiger partial charge in [-0.05, 0) is 47.5 Å². The molecule has 0 aliphatic heterocycles. The van der Waals surface area contributed by atoms with Crippen LogP contribution in [0, 0.1) is 15.5 Å². The van der Waals surface area contributed by atoms with Crippen LogP contribution in [-0.4, -0.2) is 37.3 Å². The maximum atomic E-state index is 13.1. The van der Waals surface area contributed by atoms with Crippen LogP contribution >= 0.6 is 0 Å². The normalized spacial score (nSPS) is 10.9. The molecule has 3 aromatic rings. The number of nitrogen functional groups attached to an aromatic ring is 1. The van der Waals surface area contributed by atoms with E-state index in [-0.39, 0.29) is 33.8 Å². The third kappa shape index (κ3) is 5.61. The van der Waals surface area contributed by atoms with Crippen molar-refractivity contribution in [1.82, 2.24) is 0 Å². The Bertz CT molecular complexity index is 1420. The Hall–Kier alpha value is -4.58. The van der Waals surface area contributed by atoms with Gasteiger partial charge in [-0.2, -0.15) is 8.42 Å². The number of nitrogens with two attached hydrogens (primary N) is 1. The van der Waals surface area contributed by atoms with Crippen LogP contribution in [0.1, 0.15) is 26.3 Å². The standard InChI is InChI=1S/C22H18N4O7S/c1-34(31,32)33-22(28)18-5-3-2-4-16(18)17-11-10-15(26(29)30)12-19(17)21(27)25-14-8-6-13(7-9-14)20(23)24/h2-12H,1H3,(H3,23,24)(H,25,27). The van der Waals surface area contributed by atoms with Crippen LogP contribution in [0.15, 0.2) is 66.7 Å². The predicted molar refractivity (Wildman–Crippen MR) is 124 cm³/mol. The maximum absolute atomic E-state index is 13.1. The first kappa shape index (κ1) is 24.1. The number of carbonyl (C=O) groups excluding carboxylic acids is 2. The number of hydrogen-bond acceptors (Lipinski definition) is 8. The predicted octanol–water partition coefficient (Wildman–Crippen LogP) is 2.91. The molecule has 0 saturated heterocycles. The summed E-state index contributed by atoms with van der Waals surface area (Å²) in [7, 11) is -4.11. The lowest BCUT2D eigenvalue weighted by molar-refractivity contribution is -0.384. The maximum Gasteiger partial charge on any atom is 0.354 e. The molecule has 0 aliphatic carbocycles. The Morgan fingerprint density at radius 3 is 2.21 bits per heavy atom. The van der Waals surface area contributed by atoms with Gasteiger partial charge in [0.1, 0.15) is 5.84 Å². The minimum absolute atomic E-state index is 0.135. The molecule has 0 fully saturated rings. The highest BCUT2D eigenvalue weighted by molar-refractivity contribution is 7.86. The lowest BCUT2D eigenvalue weighted by atomic mass is 9.94. The van der Waals surface area contributed by atoms with Gasteiger partial charge in [-0.1, -0.05) is 18.2 Å². The fourth-order valence-corrected chi connectivity index (χ4v) is 3.44. The van der Waals surface area contributed by atoms with E-state index < -0.39 is 26.9 Å². The third-order valence-electron chi connectivity index (χ3n) is 4.58. The van der Waals surface area contributed by atoms with Crippen LogP contribution in [-0.2, 0) is 14.3 Å². The molecule has 174 valence electrons. The summed E-state index contributed by atoms with van der Waals surface area (Å²) < 4.78 is 27.3. The van der Waals surface area contributed by atoms with E-state index in [1.54, 1.807) is 6.07 Å². The Morgan fingerprint density at radius 2 is 1.62 bits per heavy atom. The van der Waals surface area contributed by atoms with Gasteiger partial charge in [-0.25, -0.2) is 4.79 Å². The molecular weight excluding hydrogens is 464 g/mol. The summed E-state index contributed by atoms with van der Waals surface area (Å²) in [5.41, 5.74) is 5.82. The minimum atomic E-state index is -4.11. The second-order valence-electron chi connectivity index (χ2n) is 7.05. The van der Waals surface area contributed by atoms with Crippen LogP contribution in [0.5, 0.6) is 0 Å². The number of benzene rings is 3. The average Bonchev–Trinajstić information content (AvgIpc) is 2.77. The summed E-state index contributed by atoms with van der Waals surface area (Å²) >= 11 is 0. The van der Waals surface area contributed by atoms with Crippen LogP contribution in [0.2, 0.25) is 0 Å². The lowest BCUT2D eigenvalue weighted by Gasteiger charge is -2.13. The molecule has 0 aromatic heterocycles. The van der Waals surface area contributed by atoms with E-state index in [4.69, 9.17) is 11.1 Å². The van der Waals surface area contributed by atoms with Gasteiger partial charge in [0.15, 0.2) is 0 Å². The first-order valence-electron chi connectivity index (χ1n) is 9.53. The van der Waals surface area contributed by atoms with Gasteiger partial charge < -0.3 is 15.2 Å². The molecule has 0 heterocycles. The van der Waals surface area contributed by atoms with Crippen molar-refractivity contribution in [2.24, 2.45) is 5.73 Å². The molecule has 0 aliphatic rings. The summed E-state index contributed by atoms with van der Waals surface area (Å²) in [5, 5.41) is 21.3. The zero-order valence-corrected chi connectivity index (χ0v) is 18.5. The van der Waals surface area contributed by atoms with Crippen molar-refractivity contribution in [3.05, 3.63) is 93.5 Å². The topological polar surface area (TPSA) is 183 Å². The Morgan fingerprint density at radius 1 is 1.00 bits per heavy atom. The summed E-state index contributed by atoms with van der Waals surface area (Å²) in [6.45, 7) is 0. The second kappa shape index (κ2) is 9.50. The van der Waals surface area contributed by atoms with E-state index >= 15 is 0 Å². The summed E-state index contributed by atoms with van der Waals surface area (Å²) in [4.78, 5) is 36.2. The van der Waals surface area contributed by atoms with Gasteiger partial charge in [0, 0.05) is 23.4 Å². The molecule has 0 saturated carbocycles. The van der Waals surface area contributed by atoms with Crippen molar-refractivity contribution in [3.63, 3.8) is 0 Å². The van der Waals surface area contributed by atoms with Gasteiger partial charge in [0.25, 0.3) is 11.6 Å². The summed E-state index contributed by atoms with van der Waals surface area (Å²) in [6, 6.07) is 15.3. The van der Waals surface area contributed by atoms with E-state index in [1.165, 1.54) is 48.5 Å².